The van der Waals surface area contributed by atoms with Crippen molar-refractivity contribution in [1.29, 1.82) is 0 Å². The Labute approximate surface area is 188 Å². The fourth-order valence-corrected chi connectivity index (χ4v) is 5.30. The summed E-state index contributed by atoms with van der Waals surface area (Å²) >= 11 is 8.89. The van der Waals surface area contributed by atoms with Gasteiger partial charge in [0.25, 0.3) is 5.56 Å². The van der Waals surface area contributed by atoms with Gasteiger partial charge in [0.1, 0.15) is 18.3 Å². The smallest absolute Gasteiger partial charge is 0.280 e. The third kappa shape index (κ3) is 5.71. The number of ether oxygens (including phenoxy) is 1. The Morgan fingerprint density at radius 1 is 1.37 bits per heavy atom. The minimum Gasteiger partial charge on any atom is -0.394 e. The van der Waals surface area contributed by atoms with Gasteiger partial charge in [-0.15, -0.1) is 0 Å². The molecule has 1 unspecified atom stereocenters. The Kier molecular flexibility index (Phi) is 9.51. The van der Waals surface area contributed by atoms with Crippen LogP contribution >= 0.6 is 0 Å². The average Bonchev–Trinajstić information content (AvgIpc) is 3.24. The molecule has 0 saturated carbocycles. The van der Waals surface area contributed by atoms with Crippen molar-refractivity contribution < 1.29 is 24.9 Å². The van der Waals surface area contributed by atoms with Gasteiger partial charge in [-0.1, -0.05) is 13.8 Å². The van der Waals surface area contributed by atoms with Crippen LogP contribution in [0.2, 0.25) is 0 Å². The Balaban J connectivity index is 0.000000575. The van der Waals surface area contributed by atoms with Crippen LogP contribution in [0, 0.1) is 5.92 Å². The van der Waals surface area contributed by atoms with Gasteiger partial charge in [0.2, 0.25) is 11.9 Å². The number of imidazole rings is 1. The molecule has 2 aromatic rings. The summed E-state index contributed by atoms with van der Waals surface area (Å²) in [4.78, 5) is 34.4. The normalized spacial score (nSPS) is 23.0. The van der Waals surface area contributed by atoms with Crippen LogP contribution in [0.25, 0.3) is 11.2 Å². The first-order valence-corrected chi connectivity index (χ1v) is 13.7. The molecule has 0 bridgehead atoms. The predicted octanol–water partition coefficient (Wildman–Crippen LogP) is -1.69. The molecule has 30 heavy (non-hydrogen) atoms. The number of aliphatic hydroxyl groups excluding tert-OH is 3. The molecule has 2 aromatic heterocycles. The van der Waals surface area contributed by atoms with Crippen LogP contribution in [0.3, 0.4) is 0 Å². The summed E-state index contributed by atoms with van der Waals surface area (Å²) in [6, 6.07) is 0. The topological polar surface area (TPSA) is 163 Å². The number of nitrogens with one attached hydrogen (secondary N) is 2. The van der Waals surface area contributed by atoms with Crippen molar-refractivity contribution in [2.24, 2.45) is 5.92 Å². The Morgan fingerprint density at radius 3 is 2.53 bits per heavy atom. The first kappa shape index (κ1) is 25.0. The van der Waals surface area contributed by atoms with Gasteiger partial charge in [-0.2, -0.15) is 4.98 Å². The van der Waals surface area contributed by atoms with Crippen molar-refractivity contribution in [3.8, 4) is 0 Å². The number of hydrogen-bond acceptors (Lipinski definition) is 10. The first-order chi connectivity index (χ1) is 14.2. The molecule has 3 rings (SSSR count). The Bertz CT molecular complexity index is 1080. The number of hydrogen-bond donors (Lipinski definition) is 5. The molecule has 1 aliphatic rings. The van der Waals surface area contributed by atoms with Crippen molar-refractivity contribution in [3.63, 3.8) is 0 Å². The van der Waals surface area contributed by atoms with Crippen molar-refractivity contribution >= 4 is 72.0 Å². The molecule has 5 N–H and O–H groups in total. The third-order valence-electron chi connectivity index (χ3n) is 4.05. The number of aromatic nitrogens is 4. The summed E-state index contributed by atoms with van der Waals surface area (Å²) in [5.74, 6) is -0.711. The van der Waals surface area contributed by atoms with Crippen molar-refractivity contribution in [2.45, 2.75) is 38.4 Å². The molecule has 166 valence electrons. The Hall–Kier alpha value is -1.24. The lowest BCUT2D eigenvalue weighted by atomic mass is 10.1. The van der Waals surface area contributed by atoms with Crippen LogP contribution in [-0.2, 0) is 58.5 Å². The zero-order chi connectivity index (χ0) is 22.4. The Morgan fingerprint density at radius 2 is 2.03 bits per heavy atom. The monoisotopic (exact) mass is 513 g/mol. The van der Waals surface area contributed by atoms with E-state index >= 15 is 0 Å². The zero-order valence-electron chi connectivity index (χ0n) is 15.6. The van der Waals surface area contributed by atoms with Crippen LogP contribution in [-0.4, -0.2) is 65.7 Å². The summed E-state index contributed by atoms with van der Waals surface area (Å²) < 4.78 is 6.70. The number of nitrogens with zero attached hydrogens (tertiary/aromatic N) is 3. The maximum atomic E-state index is 12.1. The number of H-pyrrole nitrogens is 1. The van der Waals surface area contributed by atoms with Gasteiger partial charge in [0, 0.05) is 54.9 Å². The summed E-state index contributed by atoms with van der Waals surface area (Å²) in [7, 11) is 3.95. The highest BCUT2D eigenvalue weighted by Gasteiger charge is 2.44. The van der Waals surface area contributed by atoms with Crippen LogP contribution in [0.4, 0.5) is 5.95 Å². The van der Waals surface area contributed by atoms with Crippen LogP contribution < -0.4 is 10.9 Å². The largest absolute Gasteiger partial charge is 0.394 e. The van der Waals surface area contributed by atoms with E-state index in [1.54, 1.807) is 13.8 Å². The van der Waals surface area contributed by atoms with Crippen LogP contribution in [0.1, 0.15) is 20.1 Å². The van der Waals surface area contributed by atoms with Crippen LogP contribution in [0.15, 0.2) is 11.1 Å². The lowest BCUT2D eigenvalue weighted by Gasteiger charge is -2.16. The van der Waals surface area contributed by atoms with Gasteiger partial charge < -0.3 is 20.1 Å². The standard InChI is InChI=1S/C14H19N5O6.S5/c1-5(2)11(23)17-14-16-10-7(12(24)18-14)15-4-19(10)13-9(22)8(21)6(3-20)25-13;1-3-5-4-2/h4-6,8-9,13,20-22H,3H2,1-2H3,(H2,16,17,18,23,24);/t6-,8?,9+,13-;/m1./s1. The SMILES string of the molecule is CC(C)C(=O)Nc1nc2c(ncn2[C@@H]2O[C@H](CO)C(O)[C@@H]2O)c(=O)[nH]1.S=S=S=S=S. The quantitative estimate of drug-likeness (QED) is 0.319. The molecule has 1 fully saturated rings. The van der Waals surface area contributed by atoms with E-state index in [1.165, 1.54) is 37.5 Å². The molecular formula is C14H19N5O6S5. The highest BCUT2D eigenvalue weighted by Crippen LogP contribution is 2.30. The molecule has 0 radical (unpaired) electrons. The molecule has 0 aromatic carbocycles. The average molecular weight is 514 g/mol. The maximum Gasteiger partial charge on any atom is 0.280 e. The minimum absolute atomic E-state index is 0.0136. The van der Waals surface area contributed by atoms with E-state index in [1.807, 2.05) is 0 Å². The van der Waals surface area contributed by atoms with Gasteiger partial charge in [-0.25, -0.2) is 4.98 Å². The van der Waals surface area contributed by atoms with E-state index in [9.17, 15) is 24.9 Å². The molecule has 1 aliphatic heterocycles. The fourth-order valence-electron chi connectivity index (χ4n) is 2.55. The number of amides is 1. The lowest BCUT2D eigenvalue weighted by molar-refractivity contribution is -0.118. The van der Waals surface area contributed by atoms with Gasteiger partial charge in [0.15, 0.2) is 17.4 Å². The predicted molar refractivity (Wildman–Crippen MR) is 121 cm³/mol. The number of anilines is 1. The molecular weight excluding hydrogens is 495 g/mol. The van der Waals surface area contributed by atoms with Gasteiger partial charge in [0.05, 0.1) is 12.9 Å². The minimum atomic E-state index is -1.34. The van der Waals surface area contributed by atoms with E-state index in [0.717, 1.165) is 0 Å². The van der Waals surface area contributed by atoms with E-state index in [4.69, 9.17) is 4.74 Å². The van der Waals surface area contributed by atoms with Gasteiger partial charge in [-0.05, 0) is 0 Å². The molecule has 0 spiro atoms. The number of carbonyl (C=O) groups excluding carboxylic acids is 1. The third-order valence-corrected chi connectivity index (χ3v) is 8.49. The second-order valence-electron chi connectivity index (χ2n) is 6.32. The molecule has 11 nitrogen and oxygen atoms in total. The van der Waals surface area contributed by atoms with Crippen molar-refractivity contribution in [1.82, 2.24) is 19.5 Å². The first-order valence-electron chi connectivity index (χ1n) is 8.40. The summed E-state index contributed by atoms with van der Waals surface area (Å²) in [6.07, 6.45) is -3.46. The number of aromatic amines is 1. The molecule has 1 amide bonds. The number of aliphatic hydroxyl groups is 3. The highest BCUT2D eigenvalue weighted by atomic mass is 33.3. The van der Waals surface area contributed by atoms with E-state index in [-0.39, 0.29) is 28.9 Å². The molecule has 3 heterocycles. The molecule has 16 heteroatoms. The fraction of sp³-hybridized carbons (Fsp3) is 0.571. The maximum absolute atomic E-state index is 12.1. The van der Waals surface area contributed by atoms with Gasteiger partial charge in [-0.3, -0.25) is 24.5 Å². The number of carbonyl (C=O) groups is 1. The van der Waals surface area contributed by atoms with E-state index in [2.05, 4.69) is 42.6 Å². The lowest BCUT2D eigenvalue weighted by Crippen LogP contribution is -2.33. The van der Waals surface area contributed by atoms with E-state index < -0.39 is 36.7 Å². The van der Waals surface area contributed by atoms with Gasteiger partial charge >= 0.3 is 0 Å². The van der Waals surface area contributed by atoms with E-state index in [0.29, 0.717) is 0 Å². The van der Waals surface area contributed by atoms with Crippen molar-refractivity contribution in [2.75, 3.05) is 11.9 Å². The van der Waals surface area contributed by atoms with Crippen LogP contribution in [0.5, 0.6) is 0 Å². The zero-order valence-corrected chi connectivity index (χ0v) is 19.7. The highest BCUT2D eigenvalue weighted by molar-refractivity contribution is 8.59. The second-order valence-corrected chi connectivity index (χ2v) is 11.6. The molecule has 0 aliphatic carbocycles. The molecule has 1 saturated heterocycles. The second kappa shape index (κ2) is 11.4. The number of rotatable bonds is 4. The molecule has 4 atom stereocenters. The number of fused-ring (bicyclic) bond motifs is 1. The van der Waals surface area contributed by atoms with Crippen molar-refractivity contribution in [3.05, 3.63) is 16.7 Å². The summed E-state index contributed by atoms with van der Waals surface area (Å²) in [6.45, 7) is 2.90. The summed E-state index contributed by atoms with van der Waals surface area (Å²) in [5, 5.41) is 31.7. The summed E-state index contributed by atoms with van der Waals surface area (Å²) in [5.41, 5.74) is -0.521.